The Kier molecular flexibility index (Phi) is 7.07. The summed E-state index contributed by atoms with van der Waals surface area (Å²) in [5.41, 5.74) is 2.40. The van der Waals surface area contributed by atoms with E-state index in [1.807, 2.05) is 6.92 Å². The normalized spacial score (nSPS) is 22.3. The summed E-state index contributed by atoms with van der Waals surface area (Å²) in [6, 6.07) is 6.73. The number of amides is 5. The van der Waals surface area contributed by atoms with E-state index in [1.165, 1.54) is 5.56 Å². The molecule has 8 nitrogen and oxygen atoms in total. The molecule has 30 heavy (non-hydrogen) atoms. The molecule has 0 bridgehead atoms. The van der Waals surface area contributed by atoms with E-state index in [-0.39, 0.29) is 30.2 Å². The van der Waals surface area contributed by atoms with Gasteiger partial charge in [0.2, 0.25) is 17.7 Å². The minimum absolute atomic E-state index is 0.0493. The molecule has 5 amide bonds. The number of carbonyl (C=O) groups is 4. The van der Waals surface area contributed by atoms with Crippen molar-refractivity contribution in [3.8, 4) is 0 Å². The van der Waals surface area contributed by atoms with E-state index < -0.39 is 18.0 Å². The first-order valence-corrected chi connectivity index (χ1v) is 10.6. The van der Waals surface area contributed by atoms with Crippen LogP contribution < -0.4 is 16.0 Å². The molecular weight excluding hydrogens is 384 g/mol. The van der Waals surface area contributed by atoms with E-state index in [9.17, 15) is 19.2 Å². The number of nitrogens with one attached hydrogen (secondary N) is 3. The van der Waals surface area contributed by atoms with Crippen molar-refractivity contribution in [2.24, 2.45) is 0 Å². The van der Waals surface area contributed by atoms with E-state index in [2.05, 4.69) is 47.1 Å². The molecule has 2 heterocycles. The zero-order valence-corrected chi connectivity index (χ0v) is 17.6. The van der Waals surface area contributed by atoms with Crippen molar-refractivity contribution in [3.63, 3.8) is 0 Å². The Labute approximate surface area is 176 Å². The third-order valence-corrected chi connectivity index (χ3v) is 5.89. The Morgan fingerprint density at radius 2 is 1.97 bits per heavy atom. The van der Waals surface area contributed by atoms with Gasteiger partial charge in [-0.1, -0.05) is 38.1 Å². The molecule has 0 spiro atoms. The number of benzene rings is 1. The van der Waals surface area contributed by atoms with Gasteiger partial charge in [-0.15, -0.1) is 0 Å². The van der Waals surface area contributed by atoms with Gasteiger partial charge >= 0.3 is 6.03 Å². The fourth-order valence-electron chi connectivity index (χ4n) is 4.08. The van der Waals surface area contributed by atoms with Crippen LogP contribution in [0.4, 0.5) is 4.79 Å². The monoisotopic (exact) mass is 414 g/mol. The Morgan fingerprint density at radius 1 is 1.23 bits per heavy atom. The number of nitrogens with zero attached hydrogens (tertiary/aromatic N) is 1. The standard InChI is InChI=1S/C22H30N4O4/c1-3-15-6-8-16(9-7-15)14(2)11-19(27)23-13-17-5-4-10-26(17)21(29)18-12-20(28)25-22(30)24-18/h6-9,14,17-18H,3-5,10-13H2,1-2H3,(H,23,27)(H2,24,25,28,30)/t14?,17?,18-/m0/s1. The highest BCUT2D eigenvalue weighted by atomic mass is 16.2. The summed E-state index contributed by atoms with van der Waals surface area (Å²) in [5, 5.41) is 7.59. The van der Waals surface area contributed by atoms with Crippen LogP contribution in [0.3, 0.4) is 0 Å². The van der Waals surface area contributed by atoms with Crippen LogP contribution in [0.15, 0.2) is 24.3 Å². The topological polar surface area (TPSA) is 108 Å². The molecule has 2 aliphatic heterocycles. The van der Waals surface area contributed by atoms with Crippen molar-refractivity contribution >= 4 is 23.8 Å². The van der Waals surface area contributed by atoms with E-state index in [1.54, 1.807) is 4.90 Å². The van der Waals surface area contributed by atoms with E-state index in [0.717, 1.165) is 24.8 Å². The molecule has 3 rings (SSSR count). The lowest BCUT2D eigenvalue weighted by atomic mass is 9.96. The quantitative estimate of drug-likeness (QED) is 0.628. The SMILES string of the molecule is CCc1ccc(C(C)CC(=O)NCC2CCCN2C(=O)[C@@H]2CC(=O)NC(=O)N2)cc1. The van der Waals surface area contributed by atoms with Crippen LogP contribution in [0.25, 0.3) is 0 Å². The van der Waals surface area contributed by atoms with Crippen molar-refractivity contribution < 1.29 is 19.2 Å². The summed E-state index contributed by atoms with van der Waals surface area (Å²) < 4.78 is 0. The van der Waals surface area contributed by atoms with Crippen LogP contribution in [-0.2, 0) is 20.8 Å². The van der Waals surface area contributed by atoms with Gasteiger partial charge in [0.25, 0.3) is 0 Å². The van der Waals surface area contributed by atoms with Gasteiger partial charge in [-0.2, -0.15) is 0 Å². The molecule has 162 valence electrons. The molecule has 3 N–H and O–H groups in total. The van der Waals surface area contributed by atoms with Crippen molar-refractivity contribution in [3.05, 3.63) is 35.4 Å². The summed E-state index contributed by atoms with van der Waals surface area (Å²) in [4.78, 5) is 49.9. The fourth-order valence-corrected chi connectivity index (χ4v) is 4.08. The predicted octanol–water partition coefficient (Wildman–Crippen LogP) is 1.45. The smallest absolute Gasteiger partial charge is 0.322 e. The molecule has 8 heteroatoms. The highest BCUT2D eigenvalue weighted by Crippen LogP contribution is 2.21. The second kappa shape index (κ2) is 9.73. The summed E-state index contributed by atoms with van der Waals surface area (Å²) in [6.07, 6.45) is 2.92. The van der Waals surface area contributed by atoms with Gasteiger partial charge in [-0.25, -0.2) is 4.79 Å². The average Bonchev–Trinajstić information content (AvgIpc) is 3.19. The second-order valence-electron chi connectivity index (χ2n) is 8.11. The number of rotatable bonds is 7. The van der Waals surface area contributed by atoms with E-state index >= 15 is 0 Å². The van der Waals surface area contributed by atoms with Gasteiger partial charge in [0, 0.05) is 25.6 Å². The molecule has 2 unspecified atom stereocenters. The first-order valence-electron chi connectivity index (χ1n) is 10.6. The summed E-state index contributed by atoms with van der Waals surface area (Å²) in [7, 11) is 0. The van der Waals surface area contributed by atoms with Crippen molar-refractivity contribution in [1.82, 2.24) is 20.9 Å². The molecule has 0 aromatic heterocycles. The predicted molar refractivity (Wildman–Crippen MR) is 112 cm³/mol. The first-order chi connectivity index (χ1) is 14.4. The number of urea groups is 1. The van der Waals surface area contributed by atoms with Gasteiger partial charge in [-0.05, 0) is 36.3 Å². The highest BCUT2D eigenvalue weighted by Gasteiger charge is 2.37. The van der Waals surface area contributed by atoms with Crippen LogP contribution in [0.1, 0.15) is 56.6 Å². The zero-order chi connectivity index (χ0) is 21.7. The maximum absolute atomic E-state index is 12.8. The number of hydrogen-bond donors (Lipinski definition) is 3. The molecule has 0 saturated carbocycles. The summed E-state index contributed by atoms with van der Waals surface area (Å²) >= 11 is 0. The highest BCUT2D eigenvalue weighted by molar-refractivity contribution is 6.02. The van der Waals surface area contributed by atoms with Gasteiger partial charge in [0.05, 0.1) is 6.42 Å². The molecule has 3 atom stereocenters. The fraction of sp³-hybridized carbons (Fsp3) is 0.545. The maximum atomic E-state index is 12.8. The Morgan fingerprint density at radius 3 is 2.63 bits per heavy atom. The van der Waals surface area contributed by atoms with Gasteiger partial charge in [0.15, 0.2) is 0 Å². The van der Waals surface area contributed by atoms with Crippen LogP contribution in [0.2, 0.25) is 0 Å². The maximum Gasteiger partial charge on any atom is 0.322 e. The molecule has 0 radical (unpaired) electrons. The first kappa shape index (κ1) is 21.8. The summed E-state index contributed by atoms with van der Waals surface area (Å²) in [5.74, 6) is -0.665. The molecular formula is C22H30N4O4. The van der Waals surface area contributed by atoms with Crippen molar-refractivity contribution in [2.75, 3.05) is 13.1 Å². The lowest BCUT2D eigenvalue weighted by molar-refractivity contribution is -0.137. The van der Waals surface area contributed by atoms with E-state index in [0.29, 0.717) is 19.5 Å². The van der Waals surface area contributed by atoms with Crippen LogP contribution in [0, 0.1) is 0 Å². The minimum Gasteiger partial charge on any atom is -0.354 e. The molecule has 2 saturated heterocycles. The van der Waals surface area contributed by atoms with Crippen molar-refractivity contribution in [1.29, 1.82) is 0 Å². The van der Waals surface area contributed by atoms with Crippen molar-refractivity contribution in [2.45, 2.75) is 64.0 Å². The number of likely N-dealkylation sites (tertiary alicyclic amines) is 1. The van der Waals surface area contributed by atoms with E-state index in [4.69, 9.17) is 0 Å². The number of hydrogen-bond acceptors (Lipinski definition) is 4. The molecule has 1 aromatic rings. The molecule has 2 aliphatic rings. The number of imide groups is 1. The van der Waals surface area contributed by atoms with Crippen LogP contribution in [-0.4, -0.2) is 53.8 Å². The van der Waals surface area contributed by atoms with Crippen LogP contribution >= 0.6 is 0 Å². The number of aryl methyl sites for hydroxylation is 1. The molecule has 0 aliphatic carbocycles. The van der Waals surface area contributed by atoms with Gasteiger partial charge < -0.3 is 15.5 Å². The second-order valence-corrected chi connectivity index (χ2v) is 8.11. The van der Waals surface area contributed by atoms with Gasteiger partial charge in [0.1, 0.15) is 6.04 Å². The molecule has 1 aromatic carbocycles. The summed E-state index contributed by atoms with van der Waals surface area (Å²) in [6.45, 7) is 5.08. The minimum atomic E-state index is -0.839. The largest absolute Gasteiger partial charge is 0.354 e. The third kappa shape index (κ3) is 5.37. The lowest BCUT2D eigenvalue weighted by Crippen LogP contribution is -2.59. The third-order valence-electron chi connectivity index (χ3n) is 5.89. The Balaban J connectivity index is 1.50. The van der Waals surface area contributed by atoms with Crippen LogP contribution in [0.5, 0.6) is 0 Å². The lowest BCUT2D eigenvalue weighted by Gasteiger charge is -2.31. The van der Waals surface area contributed by atoms with Gasteiger partial charge in [-0.3, -0.25) is 19.7 Å². The zero-order valence-electron chi connectivity index (χ0n) is 17.6. The number of carbonyl (C=O) groups excluding carboxylic acids is 4. The Bertz CT molecular complexity index is 792. The Hall–Kier alpha value is -2.90. The average molecular weight is 415 g/mol. The molecule has 2 fully saturated rings.